The van der Waals surface area contributed by atoms with E-state index >= 15 is 0 Å². The molecule has 1 saturated carbocycles. The lowest BCUT2D eigenvalue weighted by Crippen LogP contribution is -2.36. The summed E-state index contributed by atoms with van der Waals surface area (Å²) < 4.78 is 4.31. The maximum atomic E-state index is 11.5. The van der Waals surface area contributed by atoms with Crippen LogP contribution in [0.15, 0.2) is 0 Å². The first-order valence-corrected chi connectivity index (χ1v) is 4.96. The van der Waals surface area contributed by atoms with E-state index in [9.17, 15) is 14.7 Å². The fourth-order valence-corrected chi connectivity index (χ4v) is 1.84. The average Bonchev–Trinajstić information content (AvgIpc) is 2.27. The van der Waals surface area contributed by atoms with E-state index < -0.39 is 12.1 Å². The van der Waals surface area contributed by atoms with E-state index in [1.165, 1.54) is 7.11 Å². The predicted octanol–water partition coefficient (Wildman–Crippen LogP) is 0.670. The highest BCUT2D eigenvalue weighted by Crippen LogP contribution is 2.25. The molecule has 1 rings (SSSR count). The lowest BCUT2D eigenvalue weighted by molar-refractivity contribution is -0.156. The largest absolute Gasteiger partial charge is 0.467 e. The summed E-state index contributed by atoms with van der Waals surface area (Å²) in [4.78, 5) is 22.5. The fraction of sp³-hybridized carbons (Fsp3) is 0.800. The summed E-state index contributed by atoms with van der Waals surface area (Å²) in [5, 5.41) is 9.31. The van der Waals surface area contributed by atoms with Crippen molar-refractivity contribution >= 4 is 11.8 Å². The Balaban J connectivity index is 2.50. The van der Waals surface area contributed by atoms with Crippen LogP contribution in [0.5, 0.6) is 0 Å². The van der Waals surface area contributed by atoms with Crippen LogP contribution in [0.3, 0.4) is 0 Å². The van der Waals surface area contributed by atoms with Crippen LogP contribution in [0.1, 0.15) is 32.1 Å². The van der Waals surface area contributed by atoms with Gasteiger partial charge in [0.25, 0.3) is 0 Å². The van der Waals surface area contributed by atoms with Crippen molar-refractivity contribution in [1.82, 2.24) is 0 Å². The Morgan fingerprint density at radius 1 is 1.29 bits per heavy atom. The second-order valence-electron chi connectivity index (χ2n) is 3.66. The maximum absolute atomic E-state index is 11.5. The van der Waals surface area contributed by atoms with Crippen LogP contribution in [-0.2, 0) is 14.3 Å². The van der Waals surface area contributed by atoms with E-state index in [0.717, 1.165) is 32.1 Å². The minimum Gasteiger partial charge on any atom is -0.467 e. The van der Waals surface area contributed by atoms with E-state index in [2.05, 4.69) is 4.74 Å². The molecule has 1 fully saturated rings. The number of ketones is 1. The van der Waals surface area contributed by atoms with Gasteiger partial charge in [-0.25, -0.2) is 4.79 Å². The molecule has 4 nitrogen and oxygen atoms in total. The number of esters is 1. The zero-order valence-corrected chi connectivity index (χ0v) is 8.36. The van der Waals surface area contributed by atoms with Gasteiger partial charge in [-0.05, 0) is 12.8 Å². The third-order valence-electron chi connectivity index (χ3n) is 2.70. The van der Waals surface area contributed by atoms with Crippen molar-refractivity contribution in [1.29, 1.82) is 0 Å². The molecule has 0 radical (unpaired) electrons. The molecule has 0 heterocycles. The minimum atomic E-state index is -1.58. The second kappa shape index (κ2) is 5.10. The highest BCUT2D eigenvalue weighted by atomic mass is 16.5. The van der Waals surface area contributed by atoms with E-state index in [1.807, 2.05) is 0 Å². The van der Waals surface area contributed by atoms with Gasteiger partial charge in [0.05, 0.1) is 7.11 Å². The molecule has 0 saturated heterocycles. The van der Waals surface area contributed by atoms with Gasteiger partial charge in [-0.2, -0.15) is 0 Å². The summed E-state index contributed by atoms with van der Waals surface area (Å²) >= 11 is 0. The number of hydrogen-bond donors (Lipinski definition) is 1. The van der Waals surface area contributed by atoms with Crippen molar-refractivity contribution in [2.75, 3.05) is 7.11 Å². The zero-order valence-electron chi connectivity index (χ0n) is 8.36. The van der Waals surface area contributed by atoms with E-state index in [0.29, 0.717) is 0 Å². The molecule has 0 aromatic carbocycles. The molecule has 0 spiro atoms. The lowest BCUT2D eigenvalue weighted by Gasteiger charge is -2.21. The van der Waals surface area contributed by atoms with E-state index in [-0.39, 0.29) is 11.7 Å². The Hall–Kier alpha value is -0.900. The first-order chi connectivity index (χ1) is 6.66. The highest BCUT2D eigenvalue weighted by molar-refractivity contribution is 6.02. The van der Waals surface area contributed by atoms with Crippen LogP contribution in [-0.4, -0.2) is 30.1 Å². The third-order valence-corrected chi connectivity index (χ3v) is 2.70. The zero-order chi connectivity index (χ0) is 10.6. The summed E-state index contributed by atoms with van der Waals surface area (Å²) in [6, 6.07) is 0. The molecule has 0 aliphatic heterocycles. The number of Topliss-reactive ketones (excluding diaryl/α,β-unsaturated/α-hetero) is 1. The maximum Gasteiger partial charge on any atom is 0.342 e. The molecule has 1 aliphatic rings. The van der Waals surface area contributed by atoms with Gasteiger partial charge in [0, 0.05) is 5.92 Å². The molecule has 0 bridgehead atoms. The van der Waals surface area contributed by atoms with Crippen molar-refractivity contribution in [3.05, 3.63) is 0 Å². The second-order valence-corrected chi connectivity index (χ2v) is 3.66. The number of aliphatic hydroxyl groups excluding tert-OH is 1. The van der Waals surface area contributed by atoms with Crippen LogP contribution in [0.25, 0.3) is 0 Å². The Kier molecular flexibility index (Phi) is 4.07. The van der Waals surface area contributed by atoms with Gasteiger partial charge < -0.3 is 9.84 Å². The Morgan fingerprint density at radius 3 is 2.36 bits per heavy atom. The molecule has 0 aromatic rings. The first-order valence-electron chi connectivity index (χ1n) is 4.96. The molecular weight excluding hydrogens is 184 g/mol. The average molecular weight is 200 g/mol. The summed E-state index contributed by atoms with van der Waals surface area (Å²) in [5.41, 5.74) is 0. The molecule has 0 aromatic heterocycles. The third kappa shape index (κ3) is 2.54. The number of carbonyl (C=O) groups excluding carboxylic acids is 2. The van der Waals surface area contributed by atoms with Crippen LogP contribution >= 0.6 is 0 Å². The molecule has 80 valence electrons. The standard InChI is InChI=1S/C10H16O4/c1-14-10(13)9(12)8(11)7-5-3-2-4-6-7/h7,9,12H,2-6H2,1H3. The van der Waals surface area contributed by atoms with Gasteiger partial charge in [-0.15, -0.1) is 0 Å². The van der Waals surface area contributed by atoms with Gasteiger partial charge in [-0.3, -0.25) is 4.79 Å². The smallest absolute Gasteiger partial charge is 0.342 e. The van der Waals surface area contributed by atoms with Crippen molar-refractivity contribution < 1.29 is 19.4 Å². The molecular formula is C10H16O4. The van der Waals surface area contributed by atoms with Gasteiger partial charge in [0.15, 0.2) is 5.78 Å². The molecule has 1 atom stereocenters. The van der Waals surface area contributed by atoms with Crippen LogP contribution in [0.2, 0.25) is 0 Å². The normalized spacial score (nSPS) is 20.1. The van der Waals surface area contributed by atoms with Crippen molar-refractivity contribution in [2.45, 2.75) is 38.2 Å². The predicted molar refractivity (Wildman–Crippen MR) is 49.6 cm³/mol. The van der Waals surface area contributed by atoms with Crippen molar-refractivity contribution in [3.8, 4) is 0 Å². The van der Waals surface area contributed by atoms with Crippen LogP contribution in [0.4, 0.5) is 0 Å². The fourth-order valence-electron chi connectivity index (χ4n) is 1.84. The quantitative estimate of drug-likeness (QED) is 0.537. The molecule has 0 amide bonds. The number of methoxy groups -OCH3 is 1. The van der Waals surface area contributed by atoms with Crippen LogP contribution < -0.4 is 0 Å². The molecule has 14 heavy (non-hydrogen) atoms. The van der Waals surface area contributed by atoms with E-state index in [4.69, 9.17) is 0 Å². The molecule has 4 heteroatoms. The van der Waals surface area contributed by atoms with Crippen molar-refractivity contribution in [2.24, 2.45) is 5.92 Å². The van der Waals surface area contributed by atoms with Gasteiger partial charge in [0.2, 0.25) is 6.10 Å². The summed E-state index contributed by atoms with van der Waals surface area (Å²) in [5.74, 6) is -1.38. The number of ether oxygens (including phenoxy) is 1. The number of aliphatic hydroxyl groups is 1. The van der Waals surface area contributed by atoms with E-state index in [1.54, 1.807) is 0 Å². The Bertz CT molecular complexity index is 218. The van der Waals surface area contributed by atoms with Crippen LogP contribution in [0, 0.1) is 5.92 Å². The highest BCUT2D eigenvalue weighted by Gasteiger charge is 2.31. The van der Waals surface area contributed by atoms with Crippen molar-refractivity contribution in [3.63, 3.8) is 0 Å². The molecule has 1 aliphatic carbocycles. The summed E-state index contributed by atoms with van der Waals surface area (Å²) in [7, 11) is 1.17. The summed E-state index contributed by atoms with van der Waals surface area (Å²) in [6.07, 6.45) is 3.13. The van der Waals surface area contributed by atoms with Gasteiger partial charge >= 0.3 is 5.97 Å². The topological polar surface area (TPSA) is 63.6 Å². The molecule has 1 unspecified atom stereocenters. The lowest BCUT2D eigenvalue weighted by atomic mass is 9.84. The molecule has 1 N–H and O–H groups in total. The Labute approximate surface area is 83.2 Å². The number of rotatable bonds is 3. The van der Waals surface area contributed by atoms with Gasteiger partial charge in [0.1, 0.15) is 0 Å². The van der Waals surface area contributed by atoms with Gasteiger partial charge in [-0.1, -0.05) is 19.3 Å². The Morgan fingerprint density at radius 2 is 1.86 bits per heavy atom. The monoisotopic (exact) mass is 200 g/mol. The minimum absolute atomic E-state index is 0.155. The number of hydrogen-bond acceptors (Lipinski definition) is 4. The first kappa shape index (κ1) is 11.2. The SMILES string of the molecule is COC(=O)C(O)C(=O)C1CCCCC1. The number of carbonyl (C=O) groups is 2. The summed E-state index contributed by atoms with van der Waals surface area (Å²) in [6.45, 7) is 0.